The smallest absolute Gasteiger partial charge is 0.235 e. The van der Waals surface area contributed by atoms with Crippen molar-refractivity contribution in [2.75, 3.05) is 11.9 Å². The van der Waals surface area contributed by atoms with Crippen molar-refractivity contribution < 1.29 is 14.7 Å². The molecule has 1 aliphatic rings. The number of hydrogen-bond acceptors (Lipinski definition) is 4. The maximum Gasteiger partial charge on any atom is 0.235 e. The Bertz CT molecular complexity index is 778. The third kappa shape index (κ3) is 4.14. The lowest BCUT2D eigenvalue weighted by atomic mass is 10.0. The van der Waals surface area contributed by atoms with E-state index in [2.05, 4.69) is 10.6 Å². The Hall–Kier alpha value is -2.18. The van der Waals surface area contributed by atoms with E-state index in [1.54, 1.807) is 25.2 Å². The van der Waals surface area contributed by atoms with Crippen molar-refractivity contribution >= 4 is 28.8 Å². The summed E-state index contributed by atoms with van der Waals surface area (Å²) in [5.74, 6) is -0.106. The number of nitrogens with one attached hydrogen (secondary N) is 2. The first-order valence-corrected chi connectivity index (χ1v) is 9.59. The van der Waals surface area contributed by atoms with Crippen molar-refractivity contribution in [2.24, 2.45) is 0 Å². The normalized spacial score (nSPS) is 15.3. The van der Waals surface area contributed by atoms with Crippen LogP contribution < -0.4 is 10.6 Å². The van der Waals surface area contributed by atoms with Crippen LogP contribution in [0.4, 0.5) is 5.69 Å². The van der Waals surface area contributed by atoms with Crippen molar-refractivity contribution in [3.8, 4) is 0 Å². The summed E-state index contributed by atoms with van der Waals surface area (Å²) in [6.07, 6.45) is 2.01. The summed E-state index contributed by atoms with van der Waals surface area (Å²) < 4.78 is 0. The van der Waals surface area contributed by atoms with Crippen LogP contribution in [0, 0.1) is 0 Å². The van der Waals surface area contributed by atoms with Gasteiger partial charge >= 0.3 is 0 Å². The second-order valence-corrected chi connectivity index (χ2v) is 8.43. The number of hydrogen-bond donors (Lipinski definition) is 3. The Morgan fingerprint density at radius 1 is 1.19 bits per heavy atom. The topological polar surface area (TPSA) is 78.4 Å². The molecular weight excluding hydrogens is 348 g/mol. The molecule has 0 saturated heterocycles. The first-order valence-electron chi connectivity index (χ1n) is 8.71. The number of carbonyl (C=O) groups excluding carboxylic acids is 2. The largest absolute Gasteiger partial charge is 0.394 e. The first kappa shape index (κ1) is 18.6. The van der Waals surface area contributed by atoms with E-state index in [4.69, 9.17) is 0 Å². The zero-order valence-electron chi connectivity index (χ0n) is 15.0. The molecule has 0 bridgehead atoms. The fourth-order valence-corrected chi connectivity index (χ4v) is 3.85. The molecular formula is C20H24N2O3S. The van der Waals surface area contributed by atoms with Crippen LogP contribution in [0.3, 0.4) is 0 Å². The van der Waals surface area contributed by atoms with Crippen LogP contribution in [0.1, 0.15) is 37.1 Å². The van der Waals surface area contributed by atoms with Gasteiger partial charge in [0.2, 0.25) is 11.8 Å². The Morgan fingerprint density at radius 3 is 2.42 bits per heavy atom. The minimum absolute atomic E-state index is 0.0372. The van der Waals surface area contributed by atoms with Crippen LogP contribution in [0.25, 0.3) is 0 Å². The van der Waals surface area contributed by atoms with Gasteiger partial charge in [0, 0.05) is 10.6 Å². The van der Waals surface area contributed by atoms with Crippen molar-refractivity contribution in [1.82, 2.24) is 5.32 Å². The summed E-state index contributed by atoms with van der Waals surface area (Å²) >= 11 is 1.62. The summed E-state index contributed by atoms with van der Waals surface area (Å²) in [4.78, 5) is 25.8. The predicted molar refractivity (Wildman–Crippen MR) is 103 cm³/mol. The van der Waals surface area contributed by atoms with Gasteiger partial charge in [0.25, 0.3) is 0 Å². The van der Waals surface area contributed by atoms with Crippen molar-refractivity contribution in [3.05, 3.63) is 52.2 Å². The molecule has 3 N–H and O–H groups in total. The molecule has 5 nitrogen and oxygen atoms in total. The highest BCUT2D eigenvalue weighted by atomic mass is 32.1. The van der Waals surface area contributed by atoms with Crippen LogP contribution in [0.5, 0.6) is 0 Å². The van der Waals surface area contributed by atoms with Crippen LogP contribution in [-0.4, -0.2) is 29.1 Å². The standard InChI is InChI=1S/C20H24N2O3S/c1-19(2,13-23)22-17(24)12-14-5-7-15(8-6-14)21-18(25)20(9-10-20)16-4-3-11-26-16/h3-8,11,23H,9-10,12-13H2,1-2H3,(H,21,25)(H,22,24). The molecule has 0 atom stereocenters. The number of carbonyl (C=O) groups is 2. The highest BCUT2D eigenvalue weighted by molar-refractivity contribution is 7.10. The van der Waals surface area contributed by atoms with E-state index in [1.807, 2.05) is 41.8 Å². The quantitative estimate of drug-likeness (QED) is 0.699. The number of thiophene rings is 1. The van der Waals surface area contributed by atoms with E-state index in [-0.39, 0.29) is 30.3 Å². The molecule has 138 valence electrons. The van der Waals surface area contributed by atoms with E-state index >= 15 is 0 Å². The van der Waals surface area contributed by atoms with Crippen LogP contribution in [-0.2, 0) is 21.4 Å². The molecule has 26 heavy (non-hydrogen) atoms. The fourth-order valence-electron chi connectivity index (χ4n) is 2.86. The zero-order valence-corrected chi connectivity index (χ0v) is 15.9. The Balaban J connectivity index is 1.58. The molecule has 1 fully saturated rings. The van der Waals surface area contributed by atoms with Crippen LogP contribution in [0.15, 0.2) is 41.8 Å². The zero-order chi connectivity index (χ0) is 18.8. The summed E-state index contributed by atoms with van der Waals surface area (Å²) in [5.41, 5.74) is 0.597. The Morgan fingerprint density at radius 2 is 1.88 bits per heavy atom. The molecule has 2 amide bonds. The number of benzene rings is 1. The molecule has 1 aliphatic carbocycles. The molecule has 0 radical (unpaired) electrons. The minimum Gasteiger partial charge on any atom is -0.394 e. The van der Waals surface area contributed by atoms with E-state index < -0.39 is 5.54 Å². The molecule has 0 spiro atoms. The number of rotatable bonds is 7. The highest BCUT2D eigenvalue weighted by Crippen LogP contribution is 2.50. The summed E-state index contributed by atoms with van der Waals surface area (Å²) in [5, 5.41) is 17.0. The second kappa shape index (κ2) is 7.21. The van der Waals surface area contributed by atoms with Gasteiger partial charge in [0.05, 0.1) is 24.0 Å². The van der Waals surface area contributed by atoms with Gasteiger partial charge in [-0.3, -0.25) is 9.59 Å². The monoisotopic (exact) mass is 372 g/mol. The van der Waals surface area contributed by atoms with Gasteiger partial charge in [-0.15, -0.1) is 11.3 Å². The minimum atomic E-state index is -0.634. The van der Waals surface area contributed by atoms with Crippen molar-refractivity contribution in [1.29, 1.82) is 0 Å². The molecule has 2 aromatic rings. The van der Waals surface area contributed by atoms with E-state index in [9.17, 15) is 14.7 Å². The maximum absolute atomic E-state index is 12.7. The van der Waals surface area contributed by atoms with Crippen molar-refractivity contribution in [2.45, 2.75) is 44.1 Å². The number of aliphatic hydroxyl groups excluding tert-OH is 1. The fraction of sp³-hybridized carbons (Fsp3) is 0.400. The first-order chi connectivity index (χ1) is 12.3. The lowest BCUT2D eigenvalue weighted by Crippen LogP contribution is -2.46. The molecule has 6 heteroatoms. The SMILES string of the molecule is CC(C)(CO)NC(=O)Cc1ccc(NC(=O)C2(c3cccs3)CC2)cc1. The molecule has 1 saturated carbocycles. The second-order valence-electron chi connectivity index (χ2n) is 7.48. The lowest BCUT2D eigenvalue weighted by molar-refractivity contribution is -0.122. The molecule has 0 unspecified atom stereocenters. The number of amides is 2. The summed E-state index contributed by atoms with van der Waals surface area (Å²) in [7, 11) is 0. The van der Waals surface area contributed by atoms with Gasteiger partial charge < -0.3 is 15.7 Å². The average Bonchev–Trinajstić information content (AvgIpc) is 3.23. The lowest BCUT2D eigenvalue weighted by Gasteiger charge is -2.23. The van der Waals surface area contributed by atoms with Gasteiger partial charge in [-0.2, -0.15) is 0 Å². The van der Waals surface area contributed by atoms with E-state index in [1.165, 1.54) is 0 Å². The van der Waals surface area contributed by atoms with Gasteiger partial charge in [0.1, 0.15) is 0 Å². The summed E-state index contributed by atoms with van der Waals surface area (Å²) in [6, 6.07) is 11.3. The van der Waals surface area contributed by atoms with E-state index in [0.29, 0.717) is 0 Å². The van der Waals surface area contributed by atoms with Gasteiger partial charge in [-0.25, -0.2) is 0 Å². The Labute approximate surface area is 157 Å². The van der Waals surface area contributed by atoms with Gasteiger partial charge in [-0.05, 0) is 55.8 Å². The van der Waals surface area contributed by atoms with Crippen LogP contribution in [0.2, 0.25) is 0 Å². The highest BCUT2D eigenvalue weighted by Gasteiger charge is 2.52. The van der Waals surface area contributed by atoms with Crippen molar-refractivity contribution in [3.63, 3.8) is 0 Å². The maximum atomic E-state index is 12.7. The molecule has 3 rings (SSSR count). The summed E-state index contributed by atoms with van der Waals surface area (Å²) in [6.45, 7) is 3.42. The number of aliphatic hydroxyl groups is 1. The van der Waals surface area contributed by atoms with Gasteiger partial charge in [0.15, 0.2) is 0 Å². The average molecular weight is 372 g/mol. The third-order valence-corrected chi connectivity index (χ3v) is 5.70. The van der Waals surface area contributed by atoms with Gasteiger partial charge in [-0.1, -0.05) is 18.2 Å². The Kier molecular flexibility index (Phi) is 5.16. The van der Waals surface area contributed by atoms with Crippen LogP contribution >= 0.6 is 11.3 Å². The third-order valence-electron chi connectivity index (χ3n) is 4.63. The molecule has 1 heterocycles. The molecule has 0 aliphatic heterocycles. The van der Waals surface area contributed by atoms with E-state index in [0.717, 1.165) is 29.0 Å². The number of anilines is 1. The molecule has 1 aromatic carbocycles. The predicted octanol–water partition coefficient (Wildman–Crippen LogP) is 2.85. The molecule has 1 aromatic heterocycles.